The Morgan fingerprint density at radius 1 is 1.35 bits per heavy atom. The number of alkyl halides is 3. The van der Waals surface area contributed by atoms with E-state index in [-0.39, 0.29) is 24.8 Å². The minimum atomic E-state index is -4.14. The van der Waals surface area contributed by atoms with Crippen molar-refractivity contribution in [1.29, 1.82) is 0 Å². The Morgan fingerprint density at radius 3 is 2.65 bits per heavy atom. The molecule has 1 aliphatic carbocycles. The molecule has 0 heterocycles. The Hall–Kier alpha value is -0.780. The third kappa shape index (κ3) is 4.93. The first kappa shape index (κ1) is 14.3. The lowest BCUT2D eigenvalue weighted by atomic mass is 9.85. The molecule has 3 nitrogen and oxygen atoms in total. The Balaban J connectivity index is 2.37. The predicted molar refractivity (Wildman–Crippen MR) is 58.2 cm³/mol. The van der Waals surface area contributed by atoms with E-state index in [1.807, 2.05) is 0 Å². The van der Waals surface area contributed by atoms with Crippen LogP contribution in [-0.2, 0) is 4.79 Å². The first-order chi connectivity index (χ1) is 7.93. The Labute approximate surface area is 98.9 Å². The van der Waals surface area contributed by atoms with E-state index in [4.69, 9.17) is 5.73 Å². The number of amides is 1. The lowest BCUT2D eigenvalue weighted by Crippen LogP contribution is -2.41. The molecule has 0 radical (unpaired) electrons. The van der Waals surface area contributed by atoms with Crippen LogP contribution < -0.4 is 11.1 Å². The number of halogens is 3. The second-order valence-corrected chi connectivity index (χ2v) is 4.56. The summed E-state index contributed by atoms with van der Waals surface area (Å²) in [7, 11) is 0. The average Bonchev–Trinajstić information content (AvgIpc) is 2.25. The molecule has 2 atom stereocenters. The highest BCUT2D eigenvalue weighted by Gasteiger charge is 2.42. The smallest absolute Gasteiger partial charge is 0.353 e. The third-order valence-corrected chi connectivity index (χ3v) is 3.11. The van der Waals surface area contributed by atoms with Gasteiger partial charge in [0.2, 0.25) is 5.91 Å². The molecule has 0 aromatic rings. The average molecular weight is 252 g/mol. The molecule has 17 heavy (non-hydrogen) atoms. The highest BCUT2D eigenvalue weighted by Crippen LogP contribution is 2.37. The largest absolute Gasteiger partial charge is 0.391 e. The van der Waals surface area contributed by atoms with Gasteiger partial charge in [0.25, 0.3) is 0 Å². The molecule has 1 aliphatic rings. The number of nitrogens with two attached hydrogens (primary N) is 1. The van der Waals surface area contributed by atoms with Gasteiger partial charge >= 0.3 is 6.18 Å². The minimum absolute atomic E-state index is 0.0118. The topological polar surface area (TPSA) is 55.1 Å². The summed E-state index contributed by atoms with van der Waals surface area (Å²) in [5, 5.41) is 2.66. The minimum Gasteiger partial charge on any atom is -0.353 e. The van der Waals surface area contributed by atoms with Crippen LogP contribution in [0.3, 0.4) is 0 Å². The van der Waals surface area contributed by atoms with Crippen molar-refractivity contribution in [2.45, 2.75) is 50.7 Å². The van der Waals surface area contributed by atoms with Crippen LogP contribution in [0.1, 0.15) is 38.5 Å². The van der Waals surface area contributed by atoms with Gasteiger partial charge in [-0.05, 0) is 32.2 Å². The van der Waals surface area contributed by atoms with Gasteiger partial charge in [-0.3, -0.25) is 4.79 Å². The second kappa shape index (κ2) is 6.23. The van der Waals surface area contributed by atoms with Crippen molar-refractivity contribution in [2.75, 3.05) is 6.54 Å². The molecule has 2 unspecified atom stereocenters. The SMILES string of the molecule is NCCCC(=O)NC1CCCC(C(F)(F)F)C1. The van der Waals surface area contributed by atoms with Crippen LogP contribution in [0.2, 0.25) is 0 Å². The maximum absolute atomic E-state index is 12.5. The number of carbonyl (C=O) groups excluding carboxylic acids is 1. The van der Waals surface area contributed by atoms with Crippen molar-refractivity contribution in [3.63, 3.8) is 0 Å². The van der Waals surface area contributed by atoms with Crippen LogP contribution >= 0.6 is 0 Å². The quantitative estimate of drug-likeness (QED) is 0.803. The van der Waals surface area contributed by atoms with Gasteiger partial charge in [-0.25, -0.2) is 0 Å². The Kier molecular flexibility index (Phi) is 5.24. The predicted octanol–water partition coefficient (Wildman–Crippen LogP) is 1.96. The second-order valence-electron chi connectivity index (χ2n) is 4.56. The van der Waals surface area contributed by atoms with Crippen molar-refractivity contribution in [3.8, 4) is 0 Å². The molecular weight excluding hydrogens is 233 g/mol. The van der Waals surface area contributed by atoms with E-state index in [0.717, 1.165) is 0 Å². The van der Waals surface area contributed by atoms with Gasteiger partial charge in [-0.1, -0.05) is 6.42 Å². The van der Waals surface area contributed by atoms with Crippen LogP contribution in [0.4, 0.5) is 13.2 Å². The zero-order chi connectivity index (χ0) is 12.9. The van der Waals surface area contributed by atoms with Crippen molar-refractivity contribution in [3.05, 3.63) is 0 Å². The summed E-state index contributed by atoms with van der Waals surface area (Å²) in [4.78, 5) is 11.4. The van der Waals surface area contributed by atoms with Gasteiger partial charge in [-0.15, -0.1) is 0 Å². The summed E-state index contributed by atoms with van der Waals surface area (Å²) in [6, 6.07) is -0.333. The Morgan fingerprint density at radius 2 is 2.06 bits per heavy atom. The fourth-order valence-corrected chi connectivity index (χ4v) is 2.18. The summed E-state index contributed by atoms with van der Waals surface area (Å²) in [5.74, 6) is -1.46. The molecule has 100 valence electrons. The Bertz CT molecular complexity index is 256. The molecule has 1 rings (SSSR count). The molecule has 0 saturated heterocycles. The highest BCUT2D eigenvalue weighted by atomic mass is 19.4. The summed E-state index contributed by atoms with van der Waals surface area (Å²) in [6.07, 6.45) is -1.92. The van der Waals surface area contributed by atoms with Crippen LogP contribution in [0.5, 0.6) is 0 Å². The van der Waals surface area contributed by atoms with Gasteiger partial charge in [0.05, 0.1) is 5.92 Å². The number of hydrogen-bond donors (Lipinski definition) is 2. The van der Waals surface area contributed by atoms with Crippen LogP contribution in [0, 0.1) is 5.92 Å². The molecule has 0 aromatic heterocycles. The van der Waals surface area contributed by atoms with E-state index in [0.29, 0.717) is 32.2 Å². The van der Waals surface area contributed by atoms with E-state index >= 15 is 0 Å². The molecular formula is C11H19F3N2O. The maximum Gasteiger partial charge on any atom is 0.391 e. The number of hydrogen-bond acceptors (Lipinski definition) is 2. The van der Waals surface area contributed by atoms with Crippen LogP contribution in [0.15, 0.2) is 0 Å². The van der Waals surface area contributed by atoms with Gasteiger partial charge in [0.1, 0.15) is 0 Å². The van der Waals surface area contributed by atoms with E-state index < -0.39 is 12.1 Å². The van der Waals surface area contributed by atoms with Gasteiger partial charge < -0.3 is 11.1 Å². The first-order valence-corrected chi connectivity index (χ1v) is 5.99. The fraction of sp³-hybridized carbons (Fsp3) is 0.909. The zero-order valence-corrected chi connectivity index (χ0v) is 9.72. The normalized spacial score (nSPS) is 25.6. The van der Waals surface area contributed by atoms with Crippen LogP contribution in [0.25, 0.3) is 0 Å². The monoisotopic (exact) mass is 252 g/mol. The van der Waals surface area contributed by atoms with E-state index in [2.05, 4.69) is 5.32 Å². The molecule has 0 aliphatic heterocycles. The summed E-state index contributed by atoms with van der Waals surface area (Å²) < 4.78 is 37.6. The highest BCUT2D eigenvalue weighted by molar-refractivity contribution is 5.76. The van der Waals surface area contributed by atoms with E-state index in [1.165, 1.54) is 0 Å². The van der Waals surface area contributed by atoms with Crippen molar-refractivity contribution in [2.24, 2.45) is 11.7 Å². The molecule has 1 amide bonds. The summed E-state index contributed by atoms with van der Waals surface area (Å²) in [6.45, 7) is 0.420. The van der Waals surface area contributed by atoms with E-state index in [9.17, 15) is 18.0 Å². The van der Waals surface area contributed by atoms with Gasteiger partial charge in [0, 0.05) is 12.5 Å². The number of carbonyl (C=O) groups is 1. The van der Waals surface area contributed by atoms with Crippen molar-refractivity contribution >= 4 is 5.91 Å². The van der Waals surface area contributed by atoms with Gasteiger partial charge in [-0.2, -0.15) is 13.2 Å². The van der Waals surface area contributed by atoms with Crippen LogP contribution in [-0.4, -0.2) is 24.7 Å². The van der Waals surface area contributed by atoms with Crippen molar-refractivity contribution in [1.82, 2.24) is 5.32 Å². The molecule has 1 fully saturated rings. The standard InChI is InChI=1S/C11H19F3N2O/c12-11(13,14)8-3-1-4-9(7-8)16-10(17)5-2-6-15/h8-9H,1-7,15H2,(H,16,17). The fourth-order valence-electron chi connectivity index (χ4n) is 2.18. The molecule has 0 bridgehead atoms. The molecule has 6 heteroatoms. The summed E-state index contributed by atoms with van der Waals surface area (Å²) in [5.41, 5.74) is 5.26. The third-order valence-electron chi connectivity index (χ3n) is 3.11. The molecule has 3 N–H and O–H groups in total. The summed E-state index contributed by atoms with van der Waals surface area (Å²) >= 11 is 0. The zero-order valence-electron chi connectivity index (χ0n) is 9.72. The number of rotatable bonds is 4. The molecule has 0 aromatic carbocycles. The lowest BCUT2D eigenvalue weighted by molar-refractivity contribution is -0.184. The molecule has 0 spiro atoms. The number of nitrogens with one attached hydrogen (secondary N) is 1. The lowest BCUT2D eigenvalue weighted by Gasteiger charge is -2.31. The van der Waals surface area contributed by atoms with E-state index in [1.54, 1.807) is 0 Å². The first-order valence-electron chi connectivity index (χ1n) is 5.99. The molecule has 1 saturated carbocycles. The van der Waals surface area contributed by atoms with Crippen molar-refractivity contribution < 1.29 is 18.0 Å². The van der Waals surface area contributed by atoms with Gasteiger partial charge in [0.15, 0.2) is 0 Å². The maximum atomic E-state index is 12.5.